The molecule has 1 N–H and O–H groups in total. The quantitative estimate of drug-likeness (QED) is 0.849. The summed E-state index contributed by atoms with van der Waals surface area (Å²) < 4.78 is 10.7. The van der Waals surface area contributed by atoms with Crippen LogP contribution in [0.3, 0.4) is 0 Å². The molecule has 0 aliphatic carbocycles. The molecule has 1 aliphatic rings. The molecule has 0 aromatic heterocycles. The first-order chi connectivity index (χ1) is 10.4. The van der Waals surface area contributed by atoms with Gasteiger partial charge in [0.05, 0.1) is 7.11 Å². The average molecular weight is 305 g/mol. The van der Waals surface area contributed by atoms with E-state index in [2.05, 4.69) is 17.4 Å². The maximum absolute atomic E-state index is 12.1. The lowest BCUT2D eigenvalue weighted by atomic mass is 10.0. The molecule has 1 fully saturated rings. The molecule has 0 saturated carbocycles. The lowest BCUT2D eigenvalue weighted by Crippen LogP contribution is -2.40. The van der Waals surface area contributed by atoms with Gasteiger partial charge >= 0.3 is 5.97 Å². The number of hydrogen-bond acceptors (Lipinski definition) is 4. The smallest absolute Gasteiger partial charge is 0.323 e. The monoisotopic (exact) mass is 305 g/mol. The van der Waals surface area contributed by atoms with E-state index in [0.717, 1.165) is 31.4 Å². The molecule has 1 aliphatic heterocycles. The van der Waals surface area contributed by atoms with Crippen molar-refractivity contribution >= 4 is 5.97 Å². The Morgan fingerprint density at radius 3 is 2.77 bits per heavy atom. The second-order valence-corrected chi connectivity index (χ2v) is 6.92. The minimum Gasteiger partial charge on any atom is -0.497 e. The third-order valence-corrected chi connectivity index (χ3v) is 3.85. The largest absolute Gasteiger partial charge is 0.497 e. The number of methoxy groups -OCH3 is 1. The van der Waals surface area contributed by atoms with E-state index in [-0.39, 0.29) is 12.0 Å². The van der Waals surface area contributed by atoms with Crippen molar-refractivity contribution < 1.29 is 14.3 Å². The second kappa shape index (κ2) is 7.14. The van der Waals surface area contributed by atoms with Gasteiger partial charge in [0, 0.05) is 6.04 Å². The highest BCUT2D eigenvalue weighted by Crippen LogP contribution is 2.21. The van der Waals surface area contributed by atoms with Crippen molar-refractivity contribution in [3.8, 4) is 5.75 Å². The number of carbonyl (C=O) groups is 1. The van der Waals surface area contributed by atoms with E-state index >= 15 is 0 Å². The van der Waals surface area contributed by atoms with Crippen molar-refractivity contribution in [2.45, 2.75) is 64.1 Å². The summed E-state index contributed by atoms with van der Waals surface area (Å²) in [7, 11) is 1.68. The summed E-state index contributed by atoms with van der Waals surface area (Å²) in [6, 6.07) is 8.37. The van der Waals surface area contributed by atoms with Crippen LogP contribution in [-0.2, 0) is 16.0 Å². The van der Waals surface area contributed by atoms with Gasteiger partial charge in [-0.1, -0.05) is 12.1 Å². The third kappa shape index (κ3) is 5.02. The van der Waals surface area contributed by atoms with Crippen molar-refractivity contribution in [1.82, 2.24) is 5.32 Å². The zero-order valence-corrected chi connectivity index (χ0v) is 14.0. The number of nitrogens with one attached hydrogen (secondary N) is 1. The van der Waals surface area contributed by atoms with Crippen molar-refractivity contribution in [2.75, 3.05) is 7.11 Å². The van der Waals surface area contributed by atoms with Gasteiger partial charge in [-0.2, -0.15) is 0 Å². The van der Waals surface area contributed by atoms with E-state index in [0.29, 0.717) is 6.04 Å². The van der Waals surface area contributed by atoms with Crippen molar-refractivity contribution in [3.63, 3.8) is 0 Å². The van der Waals surface area contributed by atoms with Gasteiger partial charge in [-0.3, -0.25) is 4.79 Å². The Kier molecular flexibility index (Phi) is 5.46. The predicted molar refractivity (Wildman–Crippen MR) is 87.1 cm³/mol. The number of aryl methyl sites for hydroxylation is 1. The first kappa shape index (κ1) is 16.8. The molecule has 0 unspecified atom stereocenters. The molecule has 22 heavy (non-hydrogen) atoms. The fourth-order valence-electron chi connectivity index (χ4n) is 2.77. The summed E-state index contributed by atoms with van der Waals surface area (Å²) >= 11 is 0. The van der Waals surface area contributed by atoms with E-state index in [1.807, 2.05) is 32.9 Å². The van der Waals surface area contributed by atoms with Crippen LogP contribution in [0, 0.1) is 0 Å². The van der Waals surface area contributed by atoms with Crippen LogP contribution in [0.1, 0.15) is 45.6 Å². The number of rotatable bonds is 5. The molecule has 1 heterocycles. The fourth-order valence-corrected chi connectivity index (χ4v) is 2.77. The Balaban J connectivity index is 1.80. The molecule has 0 spiro atoms. The lowest BCUT2D eigenvalue weighted by Gasteiger charge is -2.22. The lowest BCUT2D eigenvalue weighted by molar-refractivity contribution is -0.157. The van der Waals surface area contributed by atoms with E-state index in [1.54, 1.807) is 7.11 Å². The number of carbonyl (C=O) groups excluding carboxylic acids is 1. The van der Waals surface area contributed by atoms with Crippen LogP contribution in [0.15, 0.2) is 24.3 Å². The normalized spacial score (nSPS) is 21.6. The molecular weight excluding hydrogens is 278 g/mol. The van der Waals surface area contributed by atoms with Gasteiger partial charge in [-0.15, -0.1) is 0 Å². The van der Waals surface area contributed by atoms with Gasteiger partial charge in [0.25, 0.3) is 0 Å². The third-order valence-electron chi connectivity index (χ3n) is 3.85. The molecule has 2 rings (SSSR count). The van der Waals surface area contributed by atoms with Gasteiger partial charge < -0.3 is 14.8 Å². The van der Waals surface area contributed by atoms with Gasteiger partial charge in [0.1, 0.15) is 17.4 Å². The molecule has 4 heteroatoms. The van der Waals surface area contributed by atoms with Crippen molar-refractivity contribution in [2.24, 2.45) is 0 Å². The summed E-state index contributed by atoms with van der Waals surface area (Å²) in [4.78, 5) is 12.1. The zero-order chi connectivity index (χ0) is 16.2. The van der Waals surface area contributed by atoms with Crippen LogP contribution >= 0.6 is 0 Å². The molecule has 0 radical (unpaired) electrons. The van der Waals surface area contributed by atoms with E-state index in [1.165, 1.54) is 5.56 Å². The van der Waals surface area contributed by atoms with Gasteiger partial charge in [0.2, 0.25) is 0 Å². The summed E-state index contributed by atoms with van der Waals surface area (Å²) in [5.41, 5.74) is 0.846. The average Bonchev–Trinajstić information content (AvgIpc) is 2.92. The zero-order valence-electron chi connectivity index (χ0n) is 14.0. The highest BCUT2D eigenvalue weighted by molar-refractivity contribution is 5.76. The Morgan fingerprint density at radius 2 is 2.09 bits per heavy atom. The van der Waals surface area contributed by atoms with Crippen molar-refractivity contribution in [1.29, 1.82) is 0 Å². The van der Waals surface area contributed by atoms with Crippen LogP contribution in [0.25, 0.3) is 0 Å². The Bertz CT molecular complexity index is 507. The van der Waals surface area contributed by atoms with Crippen molar-refractivity contribution in [3.05, 3.63) is 29.8 Å². The molecular formula is C18H27NO3. The minimum atomic E-state index is -0.419. The number of esters is 1. The number of benzene rings is 1. The number of hydrogen-bond donors (Lipinski definition) is 1. The highest BCUT2D eigenvalue weighted by Gasteiger charge is 2.32. The molecule has 2 atom stereocenters. The molecule has 0 amide bonds. The molecule has 0 bridgehead atoms. The molecule has 4 nitrogen and oxygen atoms in total. The minimum absolute atomic E-state index is 0.128. The molecule has 1 aromatic rings. The highest BCUT2D eigenvalue weighted by atomic mass is 16.6. The van der Waals surface area contributed by atoms with Gasteiger partial charge in [0.15, 0.2) is 0 Å². The second-order valence-electron chi connectivity index (χ2n) is 6.92. The standard InChI is InChI=1S/C18H27NO3/c1-18(2,3)22-17(20)16-11-10-14(19-16)9-8-13-6-5-7-15(12-13)21-4/h5-7,12,14,16,19H,8-11H2,1-4H3/t14-,16-/m1/s1. The predicted octanol–water partition coefficient (Wildman–Crippen LogP) is 3.09. The van der Waals surface area contributed by atoms with Gasteiger partial charge in [-0.25, -0.2) is 0 Å². The summed E-state index contributed by atoms with van der Waals surface area (Å²) in [6.07, 6.45) is 3.88. The first-order valence-electron chi connectivity index (χ1n) is 7.99. The molecule has 1 aromatic carbocycles. The van der Waals surface area contributed by atoms with Gasteiger partial charge in [-0.05, 0) is 64.2 Å². The van der Waals surface area contributed by atoms with E-state index in [9.17, 15) is 4.79 Å². The fraction of sp³-hybridized carbons (Fsp3) is 0.611. The SMILES string of the molecule is COc1cccc(CC[C@@H]2CC[C@H](C(=O)OC(C)(C)C)N2)c1. The Labute approximate surface area is 133 Å². The molecule has 122 valence electrons. The van der Waals surface area contributed by atoms with Crippen LogP contribution in [-0.4, -0.2) is 30.8 Å². The Hall–Kier alpha value is -1.55. The summed E-state index contributed by atoms with van der Waals surface area (Å²) in [5.74, 6) is 0.764. The first-order valence-corrected chi connectivity index (χ1v) is 7.99. The van der Waals surface area contributed by atoms with Crippen LogP contribution in [0.4, 0.5) is 0 Å². The van der Waals surface area contributed by atoms with E-state index < -0.39 is 5.60 Å². The topological polar surface area (TPSA) is 47.6 Å². The maximum atomic E-state index is 12.1. The summed E-state index contributed by atoms with van der Waals surface area (Å²) in [6.45, 7) is 5.71. The van der Waals surface area contributed by atoms with Crippen LogP contribution in [0.2, 0.25) is 0 Å². The Morgan fingerprint density at radius 1 is 1.32 bits per heavy atom. The van der Waals surface area contributed by atoms with E-state index in [4.69, 9.17) is 9.47 Å². The molecule has 1 saturated heterocycles. The van der Waals surface area contributed by atoms with Crippen LogP contribution in [0.5, 0.6) is 5.75 Å². The number of ether oxygens (including phenoxy) is 2. The maximum Gasteiger partial charge on any atom is 0.323 e. The van der Waals surface area contributed by atoms with Crippen LogP contribution < -0.4 is 10.1 Å². The summed E-state index contributed by atoms with van der Waals surface area (Å²) in [5, 5.41) is 3.41.